The van der Waals surface area contributed by atoms with Gasteiger partial charge in [0.2, 0.25) is 5.91 Å². The van der Waals surface area contributed by atoms with Crippen LogP contribution in [0.15, 0.2) is 28.7 Å². The molecule has 1 heterocycles. The molecule has 6 heteroatoms. The number of amides is 1. The van der Waals surface area contributed by atoms with Gasteiger partial charge in [-0.1, -0.05) is 47.3 Å². The van der Waals surface area contributed by atoms with Crippen LogP contribution in [-0.2, 0) is 15.1 Å². The van der Waals surface area contributed by atoms with Crippen molar-refractivity contribution < 1.29 is 9.53 Å². The largest absolute Gasteiger partial charge is 0.364 e. The van der Waals surface area contributed by atoms with Crippen LogP contribution in [0, 0.1) is 0 Å². The number of hydrogen-bond donors (Lipinski definition) is 2. The van der Waals surface area contributed by atoms with Gasteiger partial charge in [-0.15, -0.1) is 12.4 Å². The molecule has 1 amide bonds. The number of carbonyl (C=O) groups excluding carboxylic acids is 1. The average Bonchev–Trinajstić information content (AvgIpc) is 3.05. The summed E-state index contributed by atoms with van der Waals surface area (Å²) in [6, 6.07) is 8.31. The first-order valence-electron chi connectivity index (χ1n) is 8.56. The molecular formula is C18H26BrClN2O2. The maximum Gasteiger partial charge on any atom is 0.249 e. The smallest absolute Gasteiger partial charge is 0.249 e. The van der Waals surface area contributed by atoms with Crippen molar-refractivity contribution in [1.29, 1.82) is 0 Å². The molecule has 1 saturated heterocycles. The van der Waals surface area contributed by atoms with E-state index in [1.54, 1.807) is 0 Å². The Morgan fingerprint density at radius 2 is 2.04 bits per heavy atom. The summed E-state index contributed by atoms with van der Waals surface area (Å²) in [5, 5.41) is 3.34. The third-order valence-corrected chi connectivity index (χ3v) is 5.60. The number of rotatable bonds is 4. The lowest BCUT2D eigenvalue weighted by Crippen LogP contribution is -2.50. The summed E-state index contributed by atoms with van der Waals surface area (Å²) in [4.78, 5) is 12.7. The number of benzene rings is 1. The highest BCUT2D eigenvalue weighted by Gasteiger charge is 2.39. The van der Waals surface area contributed by atoms with Gasteiger partial charge in [-0.25, -0.2) is 0 Å². The highest BCUT2D eigenvalue weighted by atomic mass is 79.9. The van der Waals surface area contributed by atoms with Crippen LogP contribution >= 0.6 is 28.3 Å². The molecule has 0 radical (unpaired) electrons. The van der Waals surface area contributed by atoms with Crippen molar-refractivity contribution >= 4 is 34.2 Å². The van der Waals surface area contributed by atoms with Crippen molar-refractivity contribution in [3.63, 3.8) is 0 Å². The number of nitrogens with one attached hydrogen (secondary N) is 1. The van der Waals surface area contributed by atoms with Gasteiger partial charge in [-0.2, -0.15) is 0 Å². The molecule has 134 valence electrons. The van der Waals surface area contributed by atoms with E-state index in [4.69, 9.17) is 10.5 Å². The second-order valence-corrected chi connectivity index (χ2v) is 7.62. The Morgan fingerprint density at radius 3 is 2.67 bits per heavy atom. The fourth-order valence-corrected chi connectivity index (χ4v) is 4.21. The summed E-state index contributed by atoms with van der Waals surface area (Å²) < 4.78 is 6.82. The van der Waals surface area contributed by atoms with Crippen LogP contribution in [0.3, 0.4) is 0 Å². The van der Waals surface area contributed by atoms with E-state index in [1.807, 2.05) is 12.1 Å². The molecule has 0 bridgehead atoms. The van der Waals surface area contributed by atoms with Crippen LogP contribution < -0.4 is 11.1 Å². The second-order valence-electron chi connectivity index (χ2n) is 6.70. The van der Waals surface area contributed by atoms with E-state index in [0.717, 1.165) is 43.0 Å². The molecule has 1 saturated carbocycles. The molecule has 0 aromatic heterocycles. The zero-order chi connectivity index (χ0) is 16.3. The molecular weight excluding hydrogens is 392 g/mol. The van der Waals surface area contributed by atoms with Gasteiger partial charge in [-0.05, 0) is 43.4 Å². The molecule has 1 aromatic rings. The van der Waals surface area contributed by atoms with Gasteiger partial charge in [0.15, 0.2) is 0 Å². The lowest BCUT2D eigenvalue weighted by atomic mass is 9.76. The number of hydrogen-bond acceptors (Lipinski definition) is 3. The van der Waals surface area contributed by atoms with Crippen LogP contribution in [0.5, 0.6) is 0 Å². The van der Waals surface area contributed by atoms with Crippen molar-refractivity contribution in [2.24, 2.45) is 5.73 Å². The molecule has 24 heavy (non-hydrogen) atoms. The Morgan fingerprint density at radius 1 is 1.29 bits per heavy atom. The van der Waals surface area contributed by atoms with E-state index < -0.39 is 0 Å². The predicted molar refractivity (Wildman–Crippen MR) is 101 cm³/mol. The lowest BCUT2D eigenvalue weighted by molar-refractivity contribution is -0.134. The summed E-state index contributed by atoms with van der Waals surface area (Å²) in [6.07, 6.45) is 6.81. The summed E-state index contributed by atoms with van der Waals surface area (Å²) in [6.45, 7) is 0.487. The van der Waals surface area contributed by atoms with E-state index >= 15 is 0 Å². The average molecular weight is 418 g/mol. The molecule has 2 fully saturated rings. The summed E-state index contributed by atoms with van der Waals surface area (Å²) in [5.74, 6) is 0.0165. The third-order valence-electron chi connectivity index (χ3n) is 5.11. The highest BCUT2D eigenvalue weighted by molar-refractivity contribution is 9.10. The third kappa shape index (κ3) is 4.31. The lowest BCUT2D eigenvalue weighted by Gasteiger charge is -2.39. The van der Waals surface area contributed by atoms with Crippen molar-refractivity contribution in [3.05, 3.63) is 34.3 Å². The number of nitrogens with two attached hydrogens (primary N) is 1. The first-order chi connectivity index (χ1) is 11.1. The molecule has 1 aliphatic carbocycles. The molecule has 3 rings (SSSR count). The van der Waals surface area contributed by atoms with Crippen LogP contribution in [0.1, 0.15) is 50.5 Å². The predicted octanol–water partition coefficient (Wildman–Crippen LogP) is 3.65. The van der Waals surface area contributed by atoms with E-state index in [-0.39, 0.29) is 36.1 Å². The van der Waals surface area contributed by atoms with Gasteiger partial charge in [0.1, 0.15) is 6.10 Å². The van der Waals surface area contributed by atoms with Crippen LogP contribution in [0.4, 0.5) is 0 Å². The van der Waals surface area contributed by atoms with E-state index in [9.17, 15) is 4.79 Å². The molecule has 2 atom stereocenters. The van der Waals surface area contributed by atoms with Crippen molar-refractivity contribution in [1.82, 2.24) is 5.32 Å². The topological polar surface area (TPSA) is 64.4 Å². The zero-order valence-electron chi connectivity index (χ0n) is 13.8. The molecule has 3 N–H and O–H groups in total. The van der Waals surface area contributed by atoms with Crippen LogP contribution in [0.2, 0.25) is 0 Å². The van der Waals surface area contributed by atoms with Gasteiger partial charge in [0, 0.05) is 11.0 Å². The SMILES string of the molecule is Cl.NC[C@H]1CC[C@@H](C(=O)NC2(c3cccc(Br)c3)CCCCC2)O1. The van der Waals surface area contributed by atoms with Gasteiger partial charge >= 0.3 is 0 Å². The Labute approximate surface area is 158 Å². The fourth-order valence-electron chi connectivity index (χ4n) is 3.82. The summed E-state index contributed by atoms with van der Waals surface area (Å²) >= 11 is 3.55. The molecule has 2 aliphatic rings. The van der Waals surface area contributed by atoms with Gasteiger partial charge in [0.05, 0.1) is 11.6 Å². The quantitative estimate of drug-likeness (QED) is 0.786. The van der Waals surface area contributed by atoms with Crippen molar-refractivity contribution in [3.8, 4) is 0 Å². The zero-order valence-corrected chi connectivity index (χ0v) is 16.2. The maximum atomic E-state index is 12.7. The normalized spacial score (nSPS) is 25.8. The first kappa shape index (κ1) is 19.7. The first-order valence-corrected chi connectivity index (χ1v) is 9.36. The van der Waals surface area contributed by atoms with E-state index in [0.29, 0.717) is 6.54 Å². The monoisotopic (exact) mass is 416 g/mol. The summed E-state index contributed by atoms with van der Waals surface area (Å²) in [7, 11) is 0. The number of carbonyl (C=O) groups is 1. The molecule has 0 unspecified atom stereocenters. The molecule has 4 nitrogen and oxygen atoms in total. The Bertz CT molecular complexity index is 564. The van der Waals surface area contributed by atoms with Crippen LogP contribution in [0.25, 0.3) is 0 Å². The van der Waals surface area contributed by atoms with Crippen LogP contribution in [-0.4, -0.2) is 24.7 Å². The Kier molecular flexibility index (Phi) is 7.10. The van der Waals surface area contributed by atoms with Crippen molar-refractivity contribution in [2.75, 3.05) is 6.54 Å². The van der Waals surface area contributed by atoms with Gasteiger partial charge < -0.3 is 15.8 Å². The van der Waals surface area contributed by atoms with E-state index in [2.05, 4.69) is 33.4 Å². The van der Waals surface area contributed by atoms with E-state index in [1.165, 1.54) is 12.0 Å². The standard InChI is InChI=1S/C18H25BrN2O2.ClH/c19-14-6-4-5-13(11-14)18(9-2-1-3-10-18)21-17(22)16-8-7-15(12-20)23-16;/h4-6,11,15-16H,1-3,7-10,12,20H2,(H,21,22);1H/t15-,16+;/m1./s1. The summed E-state index contributed by atoms with van der Waals surface area (Å²) in [5.41, 5.74) is 6.58. The highest BCUT2D eigenvalue weighted by Crippen LogP contribution is 2.38. The Balaban J connectivity index is 0.00000208. The minimum atomic E-state index is -0.352. The van der Waals surface area contributed by atoms with Gasteiger partial charge in [0.25, 0.3) is 0 Å². The number of ether oxygens (including phenoxy) is 1. The molecule has 1 aromatic carbocycles. The molecule has 1 aliphatic heterocycles. The maximum absolute atomic E-state index is 12.7. The second kappa shape index (κ2) is 8.65. The minimum absolute atomic E-state index is 0. The van der Waals surface area contributed by atoms with Crippen molar-refractivity contribution in [2.45, 2.75) is 62.7 Å². The fraction of sp³-hybridized carbons (Fsp3) is 0.611. The molecule has 0 spiro atoms. The minimum Gasteiger partial charge on any atom is -0.364 e. The number of halogens is 2. The van der Waals surface area contributed by atoms with Gasteiger partial charge in [-0.3, -0.25) is 4.79 Å². The Hall–Kier alpha value is -0.620.